The quantitative estimate of drug-likeness (QED) is 0.633. The molecule has 0 aromatic rings. The number of rotatable bonds is 9. The van der Waals surface area contributed by atoms with E-state index >= 15 is 0 Å². The summed E-state index contributed by atoms with van der Waals surface area (Å²) in [6.45, 7) is 6.93. The number of hydrogen-bond acceptors (Lipinski definition) is 4. The van der Waals surface area contributed by atoms with Gasteiger partial charge in [0, 0.05) is 18.9 Å². The molecule has 1 N–H and O–H groups in total. The molecular formula is C12H24N2OS. The molecule has 0 aliphatic carbocycles. The smallest absolute Gasteiger partial charge is 0.104 e. The Morgan fingerprint density at radius 1 is 1.44 bits per heavy atom. The molecular weight excluding hydrogens is 220 g/mol. The average molecular weight is 244 g/mol. The molecule has 0 fully saturated rings. The number of thioether (sulfide) groups is 1. The van der Waals surface area contributed by atoms with Crippen LogP contribution in [0.2, 0.25) is 0 Å². The van der Waals surface area contributed by atoms with E-state index in [0.717, 1.165) is 31.0 Å². The van der Waals surface area contributed by atoms with Crippen LogP contribution in [0.5, 0.6) is 0 Å². The number of ether oxygens (including phenoxy) is 1. The summed E-state index contributed by atoms with van der Waals surface area (Å²) in [5.74, 6) is 2.14. The third-order valence-corrected chi connectivity index (χ3v) is 3.28. The van der Waals surface area contributed by atoms with Crippen LogP contribution in [-0.4, -0.2) is 36.8 Å². The maximum absolute atomic E-state index is 9.14. The normalized spacial score (nSPS) is 14.8. The predicted octanol–water partition coefficient (Wildman–Crippen LogP) is 2.43. The molecule has 0 aromatic carbocycles. The Hall–Kier alpha value is -0.240. The zero-order valence-corrected chi connectivity index (χ0v) is 11.7. The fourth-order valence-electron chi connectivity index (χ4n) is 1.57. The van der Waals surface area contributed by atoms with Gasteiger partial charge < -0.3 is 4.74 Å². The minimum Gasteiger partial charge on any atom is -0.384 e. The topological polar surface area (TPSA) is 45.0 Å². The van der Waals surface area contributed by atoms with Gasteiger partial charge in [0.05, 0.1) is 12.7 Å². The van der Waals surface area contributed by atoms with Crippen molar-refractivity contribution in [3.8, 4) is 6.07 Å². The Morgan fingerprint density at radius 2 is 2.12 bits per heavy atom. The first-order valence-corrected chi connectivity index (χ1v) is 6.95. The van der Waals surface area contributed by atoms with Gasteiger partial charge >= 0.3 is 0 Å². The molecule has 16 heavy (non-hydrogen) atoms. The lowest BCUT2D eigenvalue weighted by atomic mass is 9.97. The van der Waals surface area contributed by atoms with Crippen molar-refractivity contribution in [1.82, 2.24) is 5.32 Å². The molecule has 0 rings (SSSR count). The molecule has 0 saturated carbocycles. The zero-order chi connectivity index (χ0) is 12.4. The van der Waals surface area contributed by atoms with Crippen LogP contribution in [0.15, 0.2) is 0 Å². The maximum Gasteiger partial charge on any atom is 0.104 e. The van der Waals surface area contributed by atoms with E-state index in [2.05, 4.69) is 25.2 Å². The molecule has 0 amide bonds. The second-order valence-electron chi connectivity index (χ2n) is 4.45. The van der Waals surface area contributed by atoms with Crippen LogP contribution >= 0.6 is 11.8 Å². The minimum atomic E-state index is -0.379. The van der Waals surface area contributed by atoms with Crippen LogP contribution in [0.1, 0.15) is 33.6 Å². The fourth-order valence-corrected chi connectivity index (χ4v) is 2.41. The first-order valence-electron chi connectivity index (χ1n) is 5.79. The number of nitriles is 1. The van der Waals surface area contributed by atoms with E-state index in [-0.39, 0.29) is 5.54 Å². The second kappa shape index (κ2) is 8.86. The van der Waals surface area contributed by atoms with Crippen molar-refractivity contribution in [1.29, 1.82) is 5.26 Å². The van der Waals surface area contributed by atoms with Gasteiger partial charge in [-0.2, -0.15) is 17.0 Å². The van der Waals surface area contributed by atoms with Crippen LogP contribution in [0.3, 0.4) is 0 Å². The van der Waals surface area contributed by atoms with Crippen molar-refractivity contribution in [3.63, 3.8) is 0 Å². The van der Waals surface area contributed by atoms with Crippen LogP contribution in [0.25, 0.3) is 0 Å². The van der Waals surface area contributed by atoms with Crippen molar-refractivity contribution in [2.24, 2.45) is 0 Å². The highest BCUT2D eigenvalue weighted by molar-refractivity contribution is 7.99. The van der Waals surface area contributed by atoms with Gasteiger partial charge in [-0.3, -0.25) is 5.32 Å². The molecule has 1 unspecified atom stereocenters. The van der Waals surface area contributed by atoms with Gasteiger partial charge in [-0.25, -0.2) is 0 Å². The molecule has 0 radical (unpaired) electrons. The van der Waals surface area contributed by atoms with E-state index in [1.807, 2.05) is 18.7 Å². The fraction of sp³-hybridized carbons (Fsp3) is 0.917. The first-order chi connectivity index (χ1) is 7.54. The standard InChI is InChI=1S/C12H24N2OS/c1-11(2)14-12(3,10-13)6-5-8-16-9-7-15-4/h11,14H,5-9H2,1-4H3. The van der Waals surface area contributed by atoms with E-state index in [4.69, 9.17) is 10.00 Å². The maximum atomic E-state index is 9.14. The summed E-state index contributed by atoms with van der Waals surface area (Å²) >= 11 is 1.89. The van der Waals surface area contributed by atoms with Crippen molar-refractivity contribution >= 4 is 11.8 Å². The zero-order valence-electron chi connectivity index (χ0n) is 10.9. The number of hydrogen-bond donors (Lipinski definition) is 1. The van der Waals surface area contributed by atoms with E-state index in [1.165, 1.54) is 0 Å². The molecule has 0 spiro atoms. The van der Waals surface area contributed by atoms with Gasteiger partial charge in [0.2, 0.25) is 0 Å². The van der Waals surface area contributed by atoms with Gasteiger partial charge in [-0.1, -0.05) is 0 Å². The highest BCUT2D eigenvalue weighted by atomic mass is 32.2. The molecule has 0 saturated heterocycles. The minimum absolute atomic E-state index is 0.353. The Kier molecular flexibility index (Phi) is 8.73. The lowest BCUT2D eigenvalue weighted by molar-refractivity contribution is 0.218. The lowest BCUT2D eigenvalue weighted by Gasteiger charge is -2.25. The van der Waals surface area contributed by atoms with Gasteiger partial charge in [-0.15, -0.1) is 0 Å². The number of methoxy groups -OCH3 is 1. The molecule has 0 bridgehead atoms. The average Bonchev–Trinajstić information content (AvgIpc) is 2.22. The Balaban J connectivity index is 3.67. The van der Waals surface area contributed by atoms with E-state index < -0.39 is 0 Å². The second-order valence-corrected chi connectivity index (χ2v) is 5.68. The molecule has 0 aromatic heterocycles. The molecule has 0 aliphatic rings. The highest BCUT2D eigenvalue weighted by Gasteiger charge is 2.23. The lowest BCUT2D eigenvalue weighted by Crippen LogP contribution is -2.44. The van der Waals surface area contributed by atoms with Crippen molar-refractivity contribution in [2.45, 2.75) is 45.2 Å². The van der Waals surface area contributed by atoms with Crippen LogP contribution < -0.4 is 5.32 Å². The summed E-state index contributed by atoms with van der Waals surface area (Å²) in [5, 5.41) is 12.4. The third-order valence-electron chi connectivity index (χ3n) is 2.25. The Labute approximate surface area is 104 Å². The summed E-state index contributed by atoms with van der Waals surface area (Å²) in [5.41, 5.74) is -0.379. The molecule has 94 valence electrons. The van der Waals surface area contributed by atoms with Crippen LogP contribution in [0.4, 0.5) is 0 Å². The summed E-state index contributed by atoms with van der Waals surface area (Å²) < 4.78 is 4.98. The highest BCUT2D eigenvalue weighted by Crippen LogP contribution is 2.15. The molecule has 0 heterocycles. The molecule has 3 nitrogen and oxygen atoms in total. The van der Waals surface area contributed by atoms with Crippen molar-refractivity contribution in [3.05, 3.63) is 0 Å². The third kappa shape index (κ3) is 7.98. The van der Waals surface area contributed by atoms with E-state index in [9.17, 15) is 0 Å². The summed E-state index contributed by atoms with van der Waals surface area (Å²) in [7, 11) is 1.72. The first kappa shape index (κ1) is 15.8. The largest absolute Gasteiger partial charge is 0.384 e. The Bertz CT molecular complexity index is 216. The van der Waals surface area contributed by atoms with Gasteiger partial charge in [0.1, 0.15) is 5.54 Å². The summed E-state index contributed by atoms with van der Waals surface area (Å²) in [6.07, 6.45) is 1.97. The Morgan fingerprint density at radius 3 is 2.62 bits per heavy atom. The SMILES string of the molecule is COCCSCCCC(C)(C#N)NC(C)C. The molecule has 4 heteroatoms. The van der Waals surface area contributed by atoms with Gasteiger partial charge in [-0.05, 0) is 39.4 Å². The summed E-state index contributed by atoms with van der Waals surface area (Å²) in [4.78, 5) is 0. The van der Waals surface area contributed by atoms with Gasteiger partial charge in [0.15, 0.2) is 0 Å². The van der Waals surface area contributed by atoms with Crippen LogP contribution in [-0.2, 0) is 4.74 Å². The van der Waals surface area contributed by atoms with E-state index in [0.29, 0.717) is 6.04 Å². The number of nitrogens with one attached hydrogen (secondary N) is 1. The predicted molar refractivity (Wildman–Crippen MR) is 70.7 cm³/mol. The monoisotopic (exact) mass is 244 g/mol. The molecule has 1 atom stereocenters. The van der Waals surface area contributed by atoms with E-state index in [1.54, 1.807) is 7.11 Å². The van der Waals surface area contributed by atoms with Crippen molar-refractivity contribution in [2.75, 3.05) is 25.2 Å². The van der Waals surface area contributed by atoms with Crippen molar-refractivity contribution < 1.29 is 4.74 Å². The summed E-state index contributed by atoms with van der Waals surface area (Å²) in [6, 6.07) is 2.72. The van der Waals surface area contributed by atoms with Crippen LogP contribution in [0, 0.1) is 11.3 Å². The molecule has 0 aliphatic heterocycles. The number of nitrogens with zero attached hydrogens (tertiary/aromatic N) is 1. The van der Waals surface area contributed by atoms with Gasteiger partial charge in [0.25, 0.3) is 0 Å².